The average molecular weight is 499 g/mol. The van der Waals surface area contributed by atoms with Crippen LogP contribution in [0.1, 0.15) is 26.3 Å². The van der Waals surface area contributed by atoms with Crippen molar-refractivity contribution in [2.24, 2.45) is 0 Å². The van der Waals surface area contributed by atoms with E-state index < -0.39 is 18.5 Å². The van der Waals surface area contributed by atoms with Gasteiger partial charge >= 0.3 is 5.97 Å². The number of carbonyl (C=O) groups is 3. The zero-order chi connectivity index (χ0) is 22.2. The summed E-state index contributed by atoms with van der Waals surface area (Å²) in [6.07, 6.45) is 1.49. The maximum absolute atomic E-state index is 12.7. The van der Waals surface area contributed by atoms with Crippen molar-refractivity contribution >= 4 is 51.3 Å². The average Bonchev–Trinajstić information content (AvgIpc) is 2.78. The van der Waals surface area contributed by atoms with Gasteiger partial charge in [-0.2, -0.15) is 0 Å². The number of nitrogens with one attached hydrogen (secondary N) is 1. The van der Waals surface area contributed by atoms with Crippen LogP contribution >= 0.6 is 27.5 Å². The van der Waals surface area contributed by atoms with Crippen LogP contribution in [0.4, 0.5) is 0 Å². The first-order chi connectivity index (χ1) is 14.9. The fourth-order valence-electron chi connectivity index (χ4n) is 2.59. The molecule has 5 nitrogen and oxygen atoms in total. The minimum atomic E-state index is -0.823. The largest absolute Gasteiger partial charge is 0.453 e. The first-order valence-corrected chi connectivity index (χ1v) is 10.4. The third kappa shape index (κ3) is 6.64. The minimum absolute atomic E-state index is 0.0805. The Morgan fingerprint density at radius 1 is 0.871 bits per heavy atom. The lowest BCUT2D eigenvalue weighted by Crippen LogP contribution is -2.29. The number of esters is 1. The van der Waals surface area contributed by atoms with Crippen LogP contribution < -0.4 is 5.32 Å². The van der Waals surface area contributed by atoms with E-state index >= 15 is 0 Å². The van der Waals surface area contributed by atoms with Gasteiger partial charge in [0, 0.05) is 20.6 Å². The Morgan fingerprint density at radius 3 is 2.13 bits per heavy atom. The van der Waals surface area contributed by atoms with Gasteiger partial charge in [0.15, 0.2) is 12.4 Å². The van der Waals surface area contributed by atoms with Crippen LogP contribution in [0, 0.1) is 0 Å². The van der Waals surface area contributed by atoms with Gasteiger partial charge in [-0.1, -0.05) is 57.9 Å². The number of rotatable bonds is 7. The maximum Gasteiger partial charge on any atom is 0.355 e. The number of ketones is 1. The van der Waals surface area contributed by atoms with Crippen molar-refractivity contribution in [2.75, 3.05) is 6.61 Å². The van der Waals surface area contributed by atoms with Crippen molar-refractivity contribution in [3.8, 4) is 0 Å². The zero-order valence-corrected chi connectivity index (χ0v) is 18.5. The Labute approximate surface area is 192 Å². The third-order valence-corrected chi connectivity index (χ3v) is 4.97. The van der Waals surface area contributed by atoms with E-state index in [1.165, 1.54) is 6.08 Å². The molecule has 0 saturated heterocycles. The van der Waals surface area contributed by atoms with Gasteiger partial charge in [-0.25, -0.2) is 4.79 Å². The summed E-state index contributed by atoms with van der Waals surface area (Å²) in [5.41, 5.74) is 1.34. The highest BCUT2D eigenvalue weighted by molar-refractivity contribution is 9.10. The van der Waals surface area contributed by atoms with Gasteiger partial charge in [0.05, 0.1) is 0 Å². The molecule has 0 saturated carbocycles. The summed E-state index contributed by atoms with van der Waals surface area (Å²) < 4.78 is 5.99. The highest BCUT2D eigenvalue weighted by Gasteiger charge is 2.18. The smallest absolute Gasteiger partial charge is 0.355 e. The molecule has 31 heavy (non-hydrogen) atoms. The van der Waals surface area contributed by atoms with E-state index in [0.29, 0.717) is 21.7 Å². The van der Waals surface area contributed by atoms with Gasteiger partial charge in [0.2, 0.25) is 0 Å². The summed E-state index contributed by atoms with van der Waals surface area (Å²) in [4.78, 5) is 37.6. The number of halogens is 2. The van der Waals surface area contributed by atoms with Gasteiger partial charge in [-0.3, -0.25) is 9.59 Å². The fourth-order valence-corrected chi connectivity index (χ4v) is 2.98. The Morgan fingerprint density at radius 2 is 1.48 bits per heavy atom. The fraction of sp³-hybridized carbons (Fsp3) is 0.0417. The molecule has 0 bridgehead atoms. The van der Waals surface area contributed by atoms with E-state index in [-0.39, 0.29) is 11.5 Å². The molecule has 1 amide bonds. The van der Waals surface area contributed by atoms with Gasteiger partial charge in [-0.05, 0) is 60.2 Å². The van der Waals surface area contributed by atoms with Gasteiger partial charge in [0.1, 0.15) is 5.70 Å². The topological polar surface area (TPSA) is 72.5 Å². The van der Waals surface area contributed by atoms with Crippen molar-refractivity contribution in [1.82, 2.24) is 5.32 Å². The summed E-state index contributed by atoms with van der Waals surface area (Å²) in [5.74, 6) is -1.68. The Balaban J connectivity index is 1.75. The third-order valence-electron chi connectivity index (χ3n) is 4.19. The summed E-state index contributed by atoms with van der Waals surface area (Å²) in [6.45, 7) is -0.471. The molecule has 0 aliphatic carbocycles. The van der Waals surface area contributed by atoms with Crippen molar-refractivity contribution < 1.29 is 19.1 Å². The molecule has 0 spiro atoms. The second kappa shape index (κ2) is 10.7. The lowest BCUT2D eigenvalue weighted by atomic mass is 10.1. The Bertz CT molecular complexity index is 1110. The first kappa shape index (κ1) is 22.5. The highest BCUT2D eigenvalue weighted by Crippen LogP contribution is 2.13. The summed E-state index contributed by atoms with van der Waals surface area (Å²) in [5, 5.41) is 3.07. The predicted molar refractivity (Wildman–Crippen MR) is 123 cm³/mol. The maximum atomic E-state index is 12.7. The van der Waals surface area contributed by atoms with Crippen LogP contribution in [-0.2, 0) is 9.53 Å². The summed E-state index contributed by atoms with van der Waals surface area (Å²) >= 11 is 9.14. The SMILES string of the molecule is O=C(OCC(=O)c1ccc(Cl)cc1)/C(=C\c1ccccc1)NC(=O)c1ccc(Br)cc1. The molecule has 3 aromatic rings. The molecule has 3 rings (SSSR count). The highest BCUT2D eigenvalue weighted by atomic mass is 79.9. The number of carbonyl (C=O) groups excluding carboxylic acids is 3. The molecule has 0 aliphatic rings. The lowest BCUT2D eigenvalue weighted by Gasteiger charge is -2.11. The standard InChI is InChI=1S/C24H17BrClNO4/c25-19-10-6-18(7-11-19)23(29)27-21(14-16-4-2-1-3-5-16)24(30)31-15-22(28)17-8-12-20(26)13-9-17/h1-14H,15H2,(H,27,29)/b21-14+. The molecule has 1 N–H and O–H groups in total. The first-order valence-electron chi connectivity index (χ1n) is 9.22. The van der Waals surface area contributed by atoms with Gasteiger partial charge in [0.25, 0.3) is 5.91 Å². The number of hydrogen-bond acceptors (Lipinski definition) is 4. The number of Topliss-reactive ketones (excluding diaryl/α,β-unsaturated/α-hetero) is 1. The van der Waals surface area contributed by atoms with E-state index in [1.54, 1.807) is 72.8 Å². The predicted octanol–water partition coefficient (Wildman–Crippen LogP) is 5.30. The number of hydrogen-bond donors (Lipinski definition) is 1. The lowest BCUT2D eigenvalue weighted by molar-refractivity contribution is -0.138. The molecule has 0 atom stereocenters. The zero-order valence-electron chi connectivity index (χ0n) is 16.2. The molecule has 7 heteroatoms. The molecule has 0 fully saturated rings. The van der Waals surface area contributed by atoms with Crippen LogP contribution in [0.15, 0.2) is 89.0 Å². The monoisotopic (exact) mass is 497 g/mol. The normalized spacial score (nSPS) is 11.0. The van der Waals surface area contributed by atoms with Gasteiger partial charge < -0.3 is 10.1 Å². The molecule has 0 radical (unpaired) electrons. The molecule has 0 aliphatic heterocycles. The molecule has 0 aromatic heterocycles. The van der Waals surface area contributed by atoms with E-state index in [0.717, 1.165) is 4.47 Å². The van der Waals surface area contributed by atoms with Crippen molar-refractivity contribution in [3.63, 3.8) is 0 Å². The van der Waals surface area contributed by atoms with E-state index in [2.05, 4.69) is 21.2 Å². The van der Waals surface area contributed by atoms with Crippen LogP contribution in [0.3, 0.4) is 0 Å². The molecule has 3 aromatic carbocycles. The molecular weight excluding hydrogens is 482 g/mol. The second-order valence-electron chi connectivity index (χ2n) is 6.44. The molecule has 156 valence electrons. The number of ether oxygens (including phenoxy) is 1. The van der Waals surface area contributed by atoms with Crippen molar-refractivity contribution in [2.45, 2.75) is 0 Å². The van der Waals surface area contributed by atoms with Crippen molar-refractivity contribution in [1.29, 1.82) is 0 Å². The quantitative estimate of drug-likeness (QED) is 0.273. The summed E-state index contributed by atoms with van der Waals surface area (Å²) in [6, 6.07) is 21.9. The number of amides is 1. The van der Waals surface area contributed by atoms with Gasteiger partial charge in [-0.15, -0.1) is 0 Å². The van der Waals surface area contributed by atoms with Crippen LogP contribution in [0.2, 0.25) is 5.02 Å². The van der Waals surface area contributed by atoms with Crippen LogP contribution in [0.5, 0.6) is 0 Å². The minimum Gasteiger partial charge on any atom is -0.453 e. The molecular formula is C24H17BrClNO4. The van der Waals surface area contributed by atoms with E-state index in [9.17, 15) is 14.4 Å². The Kier molecular flexibility index (Phi) is 7.76. The summed E-state index contributed by atoms with van der Waals surface area (Å²) in [7, 11) is 0. The van der Waals surface area contributed by atoms with Crippen LogP contribution in [-0.4, -0.2) is 24.3 Å². The van der Waals surface area contributed by atoms with Crippen LogP contribution in [0.25, 0.3) is 6.08 Å². The molecule has 0 heterocycles. The van der Waals surface area contributed by atoms with Crippen molar-refractivity contribution in [3.05, 3.63) is 111 Å². The molecule has 0 unspecified atom stereocenters. The van der Waals surface area contributed by atoms with E-state index in [1.807, 2.05) is 6.07 Å². The second-order valence-corrected chi connectivity index (χ2v) is 7.79. The van der Waals surface area contributed by atoms with E-state index in [4.69, 9.17) is 16.3 Å². The Hall–Kier alpha value is -3.22. The number of benzene rings is 3.